The quantitative estimate of drug-likeness (QED) is 0.374. The van der Waals surface area contributed by atoms with Crippen molar-refractivity contribution in [3.8, 4) is 11.8 Å². The Morgan fingerprint density at radius 1 is 1.24 bits per heavy atom. The second-order valence-corrected chi connectivity index (χ2v) is 8.71. The van der Waals surface area contributed by atoms with E-state index in [4.69, 9.17) is 10.2 Å². The lowest BCUT2D eigenvalue weighted by molar-refractivity contribution is -0.125. The monoisotopic (exact) mass is 456 g/mol. The molecular formula is C25H21FN6O2. The number of halogens is 1. The zero-order valence-corrected chi connectivity index (χ0v) is 18.3. The van der Waals surface area contributed by atoms with Crippen LogP contribution >= 0.6 is 0 Å². The van der Waals surface area contributed by atoms with Crippen molar-refractivity contribution in [2.24, 2.45) is 0 Å². The summed E-state index contributed by atoms with van der Waals surface area (Å²) in [7, 11) is 0. The average molecular weight is 456 g/mol. The first-order valence-electron chi connectivity index (χ1n) is 11.2. The minimum Gasteiger partial charge on any atom is -0.440 e. The number of rotatable bonds is 3. The zero-order valence-electron chi connectivity index (χ0n) is 18.3. The third-order valence-electron chi connectivity index (χ3n) is 6.43. The molecule has 3 aromatic heterocycles. The lowest BCUT2D eigenvalue weighted by Gasteiger charge is -2.15. The van der Waals surface area contributed by atoms with Gasteiger partial charge in [-0.05, 0) is 31.4 Å². The second-order valence-electron chi connectivity index (χ2n) is 8.71. The molecule has 1 amide bonds. The molecule has 1 aromatic carbocycles. The van der Waals surface area contributed by atoms with Gasteiger partial charge in [0.15, 0.2) is 11.5 Å². The number of hydrogen-bond donors (Lipinski definition) is 1. The van der Waals surface area contributed by atoms with Crippen LogP contribution in [0.25, 0.3) is 22.1 Å². The average Bonchev–Trinajstić information content (AvgIpc) is 3.25. The Bertz CT molecular complexity index is 1540. The van der Waals surface area contributed by atoms with Crippen molar-refractivity contribution < 1.29 is 13.6 Å². The van der Waals surface area contributed by atoms with Crippen LogP contribution in [0.15, 0.2) is 41.7 Å². The van der Waals surface area contributed by atoms with Gasteiger partial charge in [-0.15, -0.1) is 0 Å². The summed E-state index contributed by atoms with van der Waals surface area (Å²) in [6.45, 7) is 4.73. The first kappa shape index (κ1) is 20.4. The maximum absolute atomic E-state index is 14.8. The smallest absolute Gasteiger partial charge is 0.246 e. The number of carbonyl (C=O) groups is 1. The maximum Gasteiger partial charge on any atom is 0.246 e. The molecule has 0 bridgehead atoms. The fourth-order valence-electron chi connectivity index (χ4n) is 4.48. The van der Waals surface area contributed by atoms with E-state index in [1.54, 1.807) is 11.0 Å². The summed E-state index contributed by atoms with van der Waals surface area (Å²) in [5.41, 5.74) is 8.65. The number of hydrogen-bond acceptors (Lipinski definition) is 6. The number of anilines is 1. The Kier molecular flexibility index (Phi) is 4.62. The number of fused-ring (bicyclic) bond motifs is 2. The van der Waals surface area contributed by atoms with Crippen molar-refractivity contribution in [2.45, 2.75) is 31.2 Å². The highest BCUT2D eigenvalue weighted by Crippen LogP contribution is 2.40. The summed E-state index contributed by atoms with van der Waals surface area (Å²) in [6, 6.07) is 2.96. The molecule has 4 heterocycles. The molecule has 2 fully saturated rings. The van der Waals surface area contributed by atoms with Crippen LogP contribution in [0.5, 0.6) is 0 Å². The van der Waals surface area contributed by atoms with Crippen molar-refractivity contribution in [2.75, 3.05) is 18.8 Å². The number of oxazole rings is 1. The van der Waals surface area contributed by atoms with Crippen LogP contribution < -0.4 is 5.73 Å². The van der Waals surface area contributed by atoms with Crippen molar-refractivity contribution in [3.05, 3.63) is 60.1 Å². The van der Waals surface area contributed by atoms with Crippen LogP contribution in [0.4, 0.5) is 10.2 Å². The molecule has 0 unspecified atom stereocenters. The van der Waals surface area contributed by atoms with Crippen molar-refractivity contribution >= 4 is 33.9 Å². The number of likely N-dealkylation sites (tertiary alicyclic amines) is 1. The number of nitrogens with zero attached hydrogens (tertiary/aromatic N) is 5. The van der Waals surface area contributed by atoms with E-state index in [1.165, 1.54) is 18.5 Å². The third kappa shape index (κ3) is 3.39. The van der Waals surface area contributed by atoms with Gasteiger partial charge in [0.1, 0.15) is 29.1 Å². The highest BCUT2D eigenvalue weighted by Gasteiger charge is 2.30. The molecule has 9 heteroatoms. The summed E-state index contributed by atoms with van der Waals surface area (Å²) >= 11 is 0. The summed E-state index contributed by atoms with van der Waals surface area (Å²) in [6.07, 6.45) is 7.45. The Hall–Kier alpha value is -4.19. The van der Waals surface area contributed by atoms with E-state index in [9.17, 15) is 9.18 Å². The summed E-state index contributed by atoms with van der Waals surface area (Å²) in [5, 5.41) is 0.613. The van der Waals surface area contributed by atoms with Gasteiger partial charge in [0.25, 0.3) is 0 Å². The number of amides is 1. The molecule has 34 heavy (non-hydrogen) atoms. The molecule has 170 valence electrons. The van der Waals surface area contributed by atoms with Crippen molar-refractivity contribution in [3.63, 3.8) is 0 Å². The molecule has 0 radical (unpaired) electrons. The fraction of sp³-hybridized carbons (Fsp3) is 0.280. The van der Waals surface area contributed by atoms with E-state index in [2.05, 4.69) is 33.4 Å². The van der Waals surface area contributed by atoms with E-state index in [0.717, 1.165) is 19.3 Å². The van der Waals surface area contributed by atoms with Gasteiger partial charge in [0, 0.05) is 31.3 Å². The molecule has 8 nitrogen and oxygen atoms in total. The summed E-state index contributed by atoms with van der Waals surface area (Å²) < 4.78 is 22.4. The van der Waals surface area contributed by atoms with Gasteiger partial charge in [-0.3, -0.25) is 4.79 Å². The zero-order chi connectivity index (χ0) is 23.4. The highest BCUT2D eigenvalue weighted by atomic mass is 19.1. The normalized spacial score (nSPS) is 17.8. The van der Waals surface area contributed by atoms with Gasteiger partial charge in [-0.25, -0.2) is 19.3 Å². The summed E-state index contributed by atoms with van der Waals surface area (Å²) in [4.78, 5) is 26.8. The first-order valence-corrected chi connectivity index (χ1v) is 11.2. The topological polar surface area (TPSA) is 103 Å². The van der Waals surface area contributed by atoms with Crippen molar-refractivity contribution in [1.82, 2.24) is 24.4 Å². The Morgan fingerprint density at radius 3 is 2.85 bits per heavy atom. The van der Waals surface area contributed by atoms with Gasteiger partial charge < -0.3 is 19.6 Å². The maximum atomic E-state index is 14.8. The minimum absolute atomic E-state index is 0.0142. The number of aromatic nitrogens is 4. The SMILES string of the molecule is C=CC(=O)N1CC[C@H](n2cc(C#Cc3cc4nc(C5CC5)oc4cc3F)c3c(N)ncnc32)C1. The lowest BCUT2D eigenvalue weighted by atomic mass is 10.1. The molecule has 6 rings (SSSR count). The predicted octanol–water partition coefficient (Wildman–Crippen LogP) is 3.53. The molecule has 1 saturated heterocycles. The van der Waals surface area contributed by atoms with Crippen LogP contribution in [0.3, 0.4) is 0 Å². The number of nitrogens with two attached hydrogens (primary N) is 1. The van der Waals surface area contributed by atoms with E-state index in [-0.39, 0.29) is 17.5 Å². The van der Waals surface area contributed by atoms with Crippen LogP contribution in [0, 0.1) is 17.7 Å². The first-order chi connectivity index (χ1) is 16.5. The standard InChI is InChI=1S/C25H21FN6O2/c1-2-21(33)31-8-7-17(12-31)32-11-16(22-23(27)28-13-29-24(22)32)6-5-15-9-19-20(10-18(15)26)34-25(30-19)14-3-4-14/h2,9-11,13-14,17H,1,3-4,7-8,12H2,(H2,27,28,29)/t17-/m0/s1. The van der Waals surface area contributed by atoms with E-state index in [0.29, 0.717) is 58.4 Å². The minimum atomic E-state index is -0.471. The number of carbonyl (C=O) groups excluding carboxylic acids is 1. The van der Waals surface area contributed by atoms with Crippen LogP contribution in [0.1, 0.15) is 48.2 Å². The predicted molar refractivity (Wildman–Crippen MR) is 124 cm³/mol. The Labute approximate surface area is 194 Å². The lowest BCUT2D eigenvalue weighted by Crippen LogP contribution is -2.27. The molecule has 1 aliphatic heterocycles. The van der Waals surface area contributed by atoms with Gasteiger partial charge in [0.05, 0.1) is 22.6 Å². The molecule has 1 aliphatic carbocycles. The largest absolute Gasteiger partial charge is 0.440 e. The van der Waals surface area contributed by atoms with Gasteiger partial charge in [0.2, 0.25) is 5.91 Å². The second kappa shape index (κ2) is 7.70. The van der Waals surface area contributed by atoms with Crippen LogP contribution in [-0.2, 0) is 4.79 Å². The molecule has 2 aliphatic rings. The van der Waals surface area contributed by atoms with Gasteiger partial charge >= 0.3 is 0 Å². The highest BCUT2D eigenvalue weighted by molar-refractivity contribution is 5.92. The number of benzene rings is 1. The van der Waals surface area contributed by atoms with E-state index in [1.807, 2.05) is 10.8 Å². The number of nitrogen functional groups attached to an aromatic ring is 1. The van der Waals surface area contributed by atoms with E-state index < -0.39 is 5.82 Å². The van der Waals surface area contributed by atoms with E-state index >= 15 is 0 Å². The molecule has 0 spiro atoms. The fourth-order valence-corrected chi connectivity index (χ4v) is 4.48. The Morgan fingerprint density at radius 2 is 2.06 bits per heavy atom. The van der Waals surface area contributed by atoms with Gasteiger partial charge in [-0.2, -0.15) is 0 Å². The van der Waals surface area contributed by atoms with Crippen molar-refractivity contribution in [1.29, 1.82) is 0 Å². The molecule has 4 aromatic rings. The van der Waals surface area contributed by atoms with Crippen LogP contribution in [-0.4, -0.2) is 43.4 Å². The molecule has 1 saturated carbocycles. The molecule has 2 N–H and O–H groups in total. The van der Waals surface area contributed by atoms with Crippen LogP contribution in [0.2, 0.25) is 0 Å². The summed E-state index contributed by atoms with van der Waals surface area (Å²) in [5.74, 6) is 6.71. The third-order valence-corrected chi connectivity index (χ3v) is 6.43. The Balaban J connectivity index is 1.39. The van der Waals surface area contributed by atoms with Gasteiger partial charge in [-0.1, -0.05) is 18.4 Å². The molecular weight excluding hydrogens is 435 g/mol. The molecule has 1 atom stereocenters.